The van der Waals surface area contributed by atoms with Crippen LogP contribution in [0, 0.1) is 0 Å². The molecule has 5 heteroatoms. The molecule has 0 aromatic heterocycles. The molecular weight excluding hydrogens is 325 g/mol. The van der Waals surface area contributed by atoms with Crippen LogP contribution in [0.1, 0.15) is 12.5 Å². The molecule has 110 valence electrons. The molecule has 0 spiro atoms. The van der Waals surface area contributed by atoms with E-state index in [1.165, 1.54) is 11.8 Å². The first-order chi connectivity index (χ1) is 10.1. The van der Waals surface area contributed by atoms with Gasteiger partial charge in [0, 0.05) is 21.5 Å². The Hall–Kier alpha value is -1.16. The van der Waals surface area contributed by atoms with E-state index in [0.717, 1.165) is 10.5 Å². The van der Waals surface area contributed by atoms with Crippen LogP contribution in [0.3, 0.4) is 0 Å². The van der Waals surface area contributed by atoms with Crippen LogP contribution in [-0.4, -0.2) is 11.2 Å². The predicted molar refractivity (Wildman–Crippen MR) is 90.1 cm³/mol. The van der Waals surface area contributed by atoms with Crippen molar-refractivity contribution in [1.29, 1.82) is 0 Å². The molecule has 0 saturated carbocycles. The fourth-order valence-corrected chi connectivity index (χ4v) is 3.17. The third-order valence-electron chi connectivity index (χ3n) is 2.89. The minimum Gasteiger partial charge on any atom is -0.351 e. The Balaban J connectivity index is 1.90. The number of hydrogen-bond acceptors (Lipinski definition) is 2. The summed E-state index contributed by atoms with van der Waals surface area (Å²) in [6.45, 7) is 2.30. The number of amides is 1. The van der Waals surface area contributed by atoms with Gasteiger partial charge >= 0.3 is 0 Å². The second-order valence-electron chi connectivity index (χ2n) is 4.53. The van der Waals surface area contributed by atoms with Gasteiger partial charge in [0.1, 0.15) is 0 Å². The van der Waals surface area contributed by atoms with Gasteiger partial charge in [-0.15, -0.1) is 11.8 Å². The van der Waals surface area contributed by atoms with Crippen molar-refractivity contribution in [2.24, 2.45) is 0 Å². The van der Waals surface area contributed by atoms with Crippen molar-refractivity contribution >= 4 is 40.9 Å². The number of halogens is 2. The standard InChI is InChI=1S/C16H15Cl2NOS/c1-11(21-14-7-4-6-13(17)9-14)16(20)19-10-12-5-2-3-8-15(12)18/h2-9,11H,10H2,1H3,(H,19,20). The van der Waals surface area contributed by atoms with E-state index in [1.807, 2.05) is 55.5 Å². The van der Waals surface area contributed by atoms with Gasteiger partial charge in [-0.1, -0.05) is 47.5 Å². The van der Waals surface area contributed by atoms with Gasteiger partial charge in [-0.2, -0.15) is 0 Å². The van der Waals surface area contributed by atoms with Crippen molar-refractivity contribution in [3.05, 3.63) is 64.1 Å². The lowest BCUT2D eigenvalue weighted by Crippen LogP contribution is -2.30. The highest BCUT2D eigenvalue weighted by Crippen LogP contribution is 2.25. The van der Waals surface area contributed by atoms with E-state index in [0.29, 0.717) is 16.6 Å². The van der Waals surface area contributed by atoms with Crippen molar-refractivity contribution < 1.29 is 4.79 Å². The average molecular weight is 340 g/mol. The van der Waals surface area contributed by atoms with Crippen LogP contribution in [-0.2, 0) is 11.3 Å². The molecular formula is C16H15Cl2NOS. The Morgan fingerprint density at radius 1 is 1.19 bits per heavy atom. The first-order valence-electron chi connectivity index (χ1n) is 6.49. The number of benzene rings is 2. The molecule has 2 aromatic rings. The molecule has 0 fully saturated rings. The second-order valence-corrected chi connectivity index (χ2v) is 6.78. The summed E-state index contributed by atoms with van der Waals surface area (Å²) in [6.07, 6.45) is 0. The fraction of sp³-hybridized carbons (Fsp3) is 0.188. The molecule has 0 bridgehead atoms. The highest BCUT2D eigenvalue weighted by atomic mass is 35.5. The minimum absolute atomic E-state index is 0.0279. The summed E-state index contributed by atoms with van der Waals surface area (Å²) in [5, 5.41) is 4.02. The molecule has 0 aliphatic rings. The first kappa shape index (κ1) is 16.2. The number of nitrogens with one attached hydrogen (secondary N) is 1. The lowest BCUT2D eigenvalue weighted by molar-refractivity contribution is -0.120. The lowest BCUT2D eigenvalue weighted by Gasteiger charge is -2.12. The quantitative estimate of drug-likeness (QED) is 0.793. The Labute approximate surface area is 138 Å². The maximum atomic E-state index is 12.1. The van der Waals surface area contributed by atoms with E-state index in [9.17, 15) is 4.79 Å². The number of rotatable bonds is 5. The molecule has 2 aromatic carbocycles. The Morgan fingerprint density at radius 2 is 1.95 bits per heavy atom. The molecule has 1 atom stereocenters. The monoisotopic (exact) mass is 339 g/mol. The normalized spacial score (nSPS) is 12.0. The van der Waals surface area contributed by atoms with E-state index >= 15 is 0 Å². The van der Waals surface area contributed by atoms with Crippen molar-refractivity contribution in [3.8, 4) is 0 Å². The molecule has 0 heterocycles. The molecule has 0 radical (unpaired) electrons. The van der Waals surface area contributed by atoms with E-state index in [4.69, 9.17) is 23.2 Å². The van der Waals surface area contributed by atoms with Gasteiger partial charge in [0.2, 0.25) is 5.91 Å². The highest BCUT2D eigenvalue weighted by molar-refractivity contribution is 8.00. The van der Waals surface area contributed by atoms with Crippen LogP contribution < -0.4 is 5.32 Å². The van der Waals surface area contributed by atoms with Crippen molar-refractivity contribution in [2.75, 3.05) is 0 Å². The maximum absolute atomic E-state index is 12.1. The predicted octanol–water partition coefficient (Wildman–Crippen LogP) is 4.79. The lowest BCUT2D eigenvalue weighted by atomic mass is 10.2. The molecule has 1 unspecified atom stereocenters. The zero-order valence-corrected chi connectivity index (χ0v) is 13.8. The summed E-state index contributed by atoms with van der Waals surface area (Å²) in [6, 6.07) is 15.0. The van der Waals surface area contributed by atoms with Gasteiger partial charge in [-0.3, -0.25) is 4.79 Å². The van der Waals surface area contributed by atoms with Gasteiger partial charge in [0.05, 0.1) is 5.25 Å². The third kappa shape index (κ3) is 4.95. The summed E-state index contributed by atoms with van der Waals surface area (Å²) in [5.41, 5.74) is 0.910. The van der Waals surface area contributed by atoms with E-state index in [1.54, 1.807) is 0 Å². The van der Waals surface area contributed by atoms with Crippen LogP contribution in [0.4, 0.5) is 0 Å². The maximum Gasteiger partial charge on any atom is 0.233 e. The van der Waals surface area contributed by atoms with Gasteiger partial charge < -0.3 is 5.32 Å². The summed E-state index contributed by atoms with van der Waals surface area (Å²) in [7, 11) is 0. The van der Waals surface area contributed by atoms with Gasteiger partial charge in [0.15, 0.2) is 0 Å². The topological polar surface area (TPSA) is 29.1 Å². The van der Waals surface area contributed by atoms with Crippen LogP contribution in [0.5, 0.6) is 0 Å². The van der Waals surface area contributed by atoms with Crippen LogP contribution in [0.15, 0.2) is 53.4 Å². The second kappa shape index (κ2) is 7.74. The Bertz CT molecular complexity index is 633. The molecule has 0 aliphatic carbocycles. The third-order valence-corrected chi connectivity index (χ3v) is 4.59. The Morgan fingerprint density at radius 3 is 2.67 bits per heavy atom. The summed E-state index contributed by atoms with van der Waals surface area (Å²) >= 11 is 13.5. The molecule has 2 nitrogen and oxygen atoms in total. The largest absolute Gasteiger partial charge is 0.351 e. The number of carbonyl (C=O) groups is 1. The fourth-order valence-electron chi connectivity index (χ4n) is 1.77. The number of thioether (sulfide) groups is 1. The summed E-state index contributed by atoms with van der Waals surface area (Å²) in [4.78, 5) is 13.1. The van der Waals surface area contributed by atoms with Crippen molar-refractivity contribution in [1.82, 2.24) is 5.32 Å². The van der Waals surface area contributed by atoms with E-state index < -0.39 is 0 Å². The van der Waals surface area contributed by atoms with Crippen molar-refractivity contribution in [2.45, 2.75) is 23.6 Å². The molecule has 0 aliphatic heterocycles. The van der Waals surface area contributed by atoms with E-state index in [2.05, 4.69) is 5.32 Å². The minimum atomic E-state index is -0.203. The zero-order chi connectivity index (χ0) is 15.2. The molecule has 2 rings (SSSR count). The molecule has 21 heavy (non-hydrogen) atoms. The van der Waals surface area contributed by atoms with Crippen LogP contribution in [0.25, 0.3) is 0 Å². The van der Waals surface area contributed by atoms with Crippen LogP contribution in [0.2, 0.25) is 10.0 Å². The molecule has 0 saturated heterocycles. The molecule has 1 amide bonds. The highest BCUT2D eigenvalue weighted by Gasteiger charge is 2.14. The van der Waals surface area contributed by atoms with Gasteiger partial charge in [-0.25, -0.2) is 0 Å². The van der Waals surface area contributed by atoms with Crippen molar-refractivity contribution in [3.63, 3.8) is 0 Å². The molecule has 1 N–H and O–H groups in total. The average Bonchev–Trinajstić information content (AvgIpc) is 2.46. The number of hydrogen-bond donors (Lipinski definition) is 1. The Kier molecular flexibility index (Phi) is 5.97. The zero-order valence-electron chi connectivity index (χ0n) is 11.5. The van der Waals surface area contributed by atoms with E-state index in [-0.39, 0.29) is 11.2 Å². The smallest absolute Gasteiger partial charge is 0.233 e. The summed E-state index contributed by atoms with van der Waals surface area (Å²) in [5.74, 6) is -0.0279. The summed E-state index contributed by atoms with van der Waals surface area (Å²) < 4.78 is 0. The van der Waals surface area contributed by atoms with Gasteiger partial charge in [-0.05, 0) is 36.8 Å². The SMILES string of the molecule is CC(Sc1cccc(Cl)c1)C(=O)NCc1ccccc1Cl. The van der Waals surface area contributed by atoms with Crippen LogP contribution >= 0.6 is 35.0 Å². The number of carbonyl (C=O) groups excluding carboxylic acids is 1. The first-order valence-corrected chi connectivity index (χ1v) is 8.13. The van der Waals surface area contributed by atoms with Gasteiger partial charge in [0.25, 0.3) is 0 Å².